The molecule has 0 unspecified atom stereocenters. The lowest BCUT2D eigenvalue weighted by Crippen LogP contribution is -2.43. The van der Waals surface area contributed by atoms with E-state index < -0.39 is 24.3 Å². The van der Waals surface area contributed by atoms with Crippen LogP contribution in [0.3, 0.4) is 0 Å². The van der Waals surface area contributed by atoms with E-state index in [1.165, 1.54) is 12.1 Å². The molecule has 9 heteroatoms. The van der Waals surface area contributed by atoms with E-state index in [0.717, 1.165) is 37.8 Å². The summed E-state index contributed by atoms with van der Waals surface area (Å²) in [4.78, 5) is 27.5. The van der Waals surface area contributed by atoms with Gasteiger partial charge in [-0.05, 0) is 36.9 Å². The molecule has 3 rings (SSSR count). The van der Waals surface area contributed by atoms with Gasteiger partial charge in [0.05, 0.1) is 11.1 Å². The molecule has 1 saturated heterocycles. The fraction of sp³-hybridized carbons (Fsp3) is 0.364. The molecule has 0 spiro atoms. The third-order valence-electron chi connectivity index (χ3n) is 5.16. The molecule has 1 amide bonds. The average molecular weight is 435 g/mol. The van der Waals surface area contributed by atoms with Gasteiger partial charge >= 0.3 is 12.1 Å². The number of nitrogens with one attached hydrogen (secondary N) is 1. The van der Waals surface area contributed by atoms with Crippen molar-refractivity contribution in [2.24, 2.45) is 0 Å². The first-order valence-electron chi connectivity index (χ1n) is 9.83. The van der Waals surface area contributed by atoms with Crippen LogP contribution in [0, 0.1) is 0 Å². The number of hydrogen-bond acceptors (Lipinski definition) is 5. The van der Waals surface area contributed by atoms with Crippen molar-refractivity contribution in [1.82, 2.24) is 9.80 Å². The molecule has 0 radical (unpaired) electrons. The lowest BCUT2D eigenvalue weighted by molar-refractivity contribution is -0.138. The van der Waals surface area contributed by atoms with Gasteiger partial charge < -0.3 is 15.0 Å². The molecular formula is C22H24F3N3O3. The second-order valence-corrected chi connectivity index (χ2v) is 7.49. The smallest absolute Gasteiger partial charge is 0.416 e. The maximum atomic E-state index is 13.4. The van der Waals surface area contributed by atoms with Crippen molar-refractivity contribution >= 4 is 18.1 Å². The summed E-state index contributed by atoms with van der Waals surface area (Å²) in [6.45, 7) is 3.98. The van der Waals surface area contributed by atoms with Crippen LogP contribution in [0.4, 0.5) is 18.9 Å². The maximum absolute atomic E-state index is 13.4. The Morgan fingerprint density at radius 3 is 2.55 bits per heavy atom. The lowest BCUT2D eigenvalue weighted by atomic mass is 10.1. The number of benzene rings is 2. The third-order valence-corrected chi connectivity index (χ3v) is 5.16. The first-order valence-corrected chi connectivity index (χ1v) is 9.83. The monoisotopic (exact) mass is 435 g/mol. The van der Waals surface area contributed by atoms with Gasteiger partial charge in [-0.1, -0.05) is 18.2 Å². The zero-order valence-electron chi connectivity index (χ0n) is 17.1. The summed E-state index contributed by atoms with van der Waals surface area (Å²) in [6.07, 6.45) is -4.35. The molecule has 0 aliphatic carbocycles. The summed E-state index contributed by atoms with van der Waals surface area (Å²) in [5.41, 5.74) is 0.0922. The Bertz CT molecular complexity index is 926. The molecule has 1 aliphatic rings. The minimum absolute atomic E-state index is 0.00834. The molecule has 0 bridgehead atoms. The van der Waals surface area contributed by atoms with Crippen LogP contribution in [0.25, 0.3) is 0 Å². The predicted octanol–water partition coefficient (Wildman–Crippen LogP) is 3.38. The van der Waals surface area contributed by atoms with Crippen molar-refractivity contribution in [2.45, 2.75) is 19.3 Å². The fourth-order valence-electron chi connectivity index (χ4n) is 3.41. The zero-order valence-corrected chi connectivity index (χ0v) is 17.1. The zero-order chi connectivity index (χ0) is 22.4. The Hall–Kier alpha value is -2.91. The quantitative estimate of drug-likeness (QED) is 0.534. The van der Waals surface area contributed by atoms with E-state index in [1.807, 2.05) is 6.07 Å². The number of anilines is 1. The van der Waals surface area contributed by atoms with Gasteiger partial charge in [-0.15, -0.1) is 0 Å². The van der Waals surface area contributed by atoms with Crippen molar-refractivity contribution in [3.05, 3.63) is 64.7 Å². The van der Waals surface area contributed by atoms with Crippen LogP contribution in [-0.2, 0) is 28.9 Å². The Morgan fingerprint density at radius 1 is 1.13 bits per heavy atom. The van der Waals surface area contributed by atoms with E-state index in [2.05, 4.69) is 22.2 Å². The Morgan fingerprint density at radius 2 is 1.87 bits per heavy atom. The summed E-state index contributed by atoms with van der Waals surface area (Å²) in [6, 6.07) is 10.3. The molecule has 1 N–H and O–H groups in total. The first kappa shape index (κ1) is 22.8. The summed E-state index contributed by atoms with van der Waals surface area (Å²) < 4.78 is 45.2. The molecule has 6 nitrogen and oxygen atoms in total. The largest absolute Gasteiger partial charge is 0.457 e. The number of ether oxygens (including phenoxy) is 1. The third kappa shape index (κ3) is 6.28. The number of carbonyl (C=O) groups is 2. The Kier molecular flexibility index (Phi) is 7.29. The number of likely N-dealkylation sites (N-methyl/N-ethyl adjacent to an activating group) is 1. The van der Waals surface area contributed by atoms with E-state index in [1.54, 1.807) is 18.2 Å². The number of nitrogens with zero attached hydrogens (tertiary/aromatic N) is 2. The van der Waals surface area contributed by atoms with Crippen molar-refractivity contribution in [3.8, 4) is 0 Å². The summed E-state index contributed by atoms with van der Waals surface area (Å²) in [5, 5.41) is 2.19. The van der Waals surface area contributed by atoms with Gasteiger partial charge in [0.25, 0.3) is 0 Å². The Balaban J connectivity index is 1.66. The first-order chi connectivity index (χ1) is 14.8. The molecule has 2 aromatic rings. The number of amides is 1. The number of rotatable bonds is 7. The minimum atomic E-state index is -4.65. The highest BCUT2D eigenvalue weighted by Gasteiger charge is 2.34. The highest BCUT2D eigenvalue weighted by Crippen LogP contribution is 2.34. The maximum Gasteiger partial charge on any atom is 0.416 e. The molecule has 0 aromatic heterocycles. The number of esters is 1. The van der Waals surface area contributed by atoms with Crippen molar-refractivity contribution in [3.63, 3.8) is 0 Å². The molecule has 31 heavy (non-hydrogen) atoms. The van der Waals surface area contributed by atoms with Gasteiger partial charge in [-0.2, -0.15) is 13.2 Å². The van der Waals surface area contributed by atoms with Crippen LogP contribution in [0.1, 0.15) is 27.0 Å². The molecule has 1 heterocycles. The second-order valence-electron chi connectivity index (χ2n) is 7.49. The van der Waals surface area contributed by atoms with Crippen molar-refractivity contribution in [1.29, 1.82) is 0 Å². The molecule has 1 aliphatic heterocycles. The fourth-order valence-corrected chi connectivity index (χ4v) is 3.41. The van der Waals surface area contributed by atoms with Crippen LogP contribution in [0.2, 0.25) is 0 Å². The van der Waals surface area contributed by atoms with Gasteiger partial charge in [0.15, 0.2) is 0 Å². The van der Waals surface area contributed by atoms with E-state index >= 15 is 0 Å². The van der Waals surface area contributed by atoms with Gasteiger partial charge in [0, 0.05) is 44.0 Å². The van der Waals surface area contributed by atoms with E-state index in [4.69, 9.17) is 4.74 Å². The van der Waals surface area contributed by atoms with Gasteiger partial charge in [-0.3, -0.25) is 9.69 Å². The molecule has 2 aromatic carbocycles. The summed E-state index contributed by atoms with van der Waals surface area (Å²) >= 11 is 0. The topological polar surface area (TPSA) is 61.9 Å². The molecule has 0 atom stereocenters. The minimum Gasteiger partial charge on any atom is -0.457 e. The Labute approximate surface area is 178 Å². The molecule has 1 fully saturated rings. The second kappa shape index (κ2) is 9.93. The van der Waals surface area contributed by atoms with Crippen molar-refractivity contribution < 1.29 is 27.5 Å². The van der Waals surface area contributed by atoms with E-state index in [9.17, 15) is 22.8 Å². The number of carbonyl (C=O) groups excluding carboxylic acids is 2. The number of halogens is 3. The summed E-state index contributed by atoms with van der Waals surface area (Å²) in [7, 11) is 2.07. The van der Waals surface area contributed by atoms with Crippen LogP contribution in [0.5, 0.6) is 0 Å². The highest BCUT2D eigenvalue weighted by molar-refractivity contribution is 5.89. The predicted molar refractivity (Wildman–Crippen MR) is 109 cm³/mol. The molecule has 166 valence electrons. The van der Waals surface area contributed by atoms with Crippen molar-refractivity contribution in [2.75, 3.05) is 38.5 Å². The van der Waals surface area contributed by atoms with Crippen LogP contribution in [-0.4, -0.2) is 55.4 Å². The normalized spacial score (nSPS) is 15.5. The van der Waals surface area contributed by atoms with Crippen LogP contribution in [0.15, 0.2) is 42.5 Å². The summed E-state index contributed by atoms with van der Waals surface area (Å²) in [5.74, 6) is -0.691. The van der Waals surface area contributed by atoms with Gasteiger partial charge in [0.2, 0.25) is 6.41 Å². The number of alkyl halides is 3. The lowest BCUT2D eigenvalue weighted by Gasteiger charge is -2.32. The van der Waals surface area contributed by atoms with E-state index in [0.29, 0.717) is 18.5 Å². The SMILES string of the molecule is CN1CCN(Cc2cccc(C(=O)OCc3ccc(NC=O)cc3C(F)(F)F)c2)CC1. The highest BCUT2D eigenvalue weighted by atomic mass is 19.4. The standard InChI is InChI=1S/C22H24F3N3O3/c1-27-7-9-28(10-8-27)13-16-3-2-4-17(11-16)21(30)31-14-18-5-6-19(26-15-29)12-20(18)22(23,24)25/h2-6,11-12,15H,7-10,13-14H2,1H3,(H,26,29). The van der Waals surface area contributed by atoms with Gasteiger partial charge in [0.1, 0.15) is 6.61 Å². The number of piperazine rings is 1. The van der Waals surface area contributed by atoms with Gasteiger partial charge in [-0.25, -0.2) is 4.79 Å². The van der Waals surface area contributed by atoms with E-state index in [-0.39, 0.29) is 11.3 Å². The van der Waals surface area contributed by atoms with Crippen LogP contribution >= 0.6 is 0 Å². The number of hydrogen-bond donors (Lipinski definition) is 1. The average Bonchev–Trinajstić information content (AvgIpc) is 2.74. The molecule has 0 saturated carbocycles. The van der Waals surface area contributed by atoms with Crippen LogP contribution < -0.4 is 5.32 Å². The molecular weight excluding hydrogens is 411 g/mol.